The first-order chi connectivity index (χ1) is 9.21. The molecule has 3 nitrogen and oxygen atoms in total. The minimum Gasteiger partial charge on any atom is -0.341 e. The maximum Gasteiger partial charge on any atom is 0.222 e. The monoisotopic (exact) mass is 268 g/mol. The topological polar surface area (TPSA) is 32.3 Å². The van der Waals surface area contributed by atoms with E-state index in [0.717, 1.165) is 51.2 Å². The first-order valence-corrected chi connectivity index (χ1v) is 8.22. The van der Waals surface area contributed by atoms with Crippen molar-refractivity contribution in [3.8, 4) is 0 Å². The van der Waals surface area contributed by atoms with Crippen molar-refractivity contribution in [2.45, 2.75) is 71.8 Å². The largest absolute Gasteiger partial charge is 0.341 e. The van der Waals surface area contributed by atoms with Crippen LogP contribution in [0.2, 0.25) is 0 Å². The van der Waals surface area contributed by atoms with Gasteiger partial charge in [0.1, 0.15) is 0 Å². The standard InChI is InChI=1S/C16H32N2O/c1-4-7-14-8-9-16(19)18(12-10-14)13-15(6-3)17-11-5-2/h14-15,17H,4-13H2,1-3H3. The number of carbonyl (C=O) groups is 1. The van der Waals surface area contributed by atoms with Crippen molar-refractivity contribution in [3.63, 3.8) is 0 Å². The van der Waals surface area contributed by atoms with Gasteiger partial charge in [0, 0.05) is 25.6 Å². The molecule has 2 unspecified atom stereocenters. The van der Waals surface area contributed by atoms with E-state index in [4.69, 9.17) is 0 Å². The van der Waals surface area contributed by atoms with E-state index in [2.05, 4.69) is 31.0 Å². The molecule has 1 amide bonds. The van der Waals surface area contributed by atoms with Gasteiger partial charge in [-0.15, -0.1) is 0 Å². The molecular weight excluding hydrogens is 236 g/mol. The zero-order valence-corrected chi connectivity index (χ0v) is 13.1. The van der Waals surface area contributed by atoms with Crippen molar-refractivity contribution in [1.29, 1.82) is 0 Å². The van der Waals surface area contributed by atoms with Crippen molar-refractivity contribution < 1.29 is 4.79 Å². The maximum atomic E-state index is 12.2. The van der Waals surface area contributed by atoms with Gasteiger partial charge in [-0.05, 0) is 38.1 Å². The first-order valence-electron chi connectivity index (χ1n) is 8.22. The molecule has 1 N–H and O–H groups in total. The van der Waals surface area contributed by atoms with Crippen LogP contribution in [-0.4, -0.2) is 36.5 Å². The van der Waals surface area contributed by atoms with Crippen LogP contribution in [0.15, 0.2) is 0 Å². The number of nitrogens with one attached hydrogen (secondary N) is 1. The van der Waals surface area contributed by atoms with Crippen LogP contribution in [-0.2, 0) is 4.79 Å². The highest BCUT2D eigenvalue weighted by Crippen LogP contribution is 2.22. The van der Waals surface area contributed by atoms with Gasteiger partial charge in [0.2, 0.25) is 5.91 Å². The van der Waals surface area contributed by atoms with Crippen LogP contribution in [0.5, 0.6) is 0 Å². The summed E-state index contributed by atoms with van der Waals surface area (Å²) in [7, 11) is 0. The lowest BCUT2D eigenvalue weighted by Crippen LogP contribution is -2.43. The van der Waals surface area contributed by atoms with Gasteiger partial charge < -0.3 is 10.2 Å². The molecule has 19 heavy (non-hydrogen) atoms. The number of likely N-dealkylation sites (tertiary alicyclic amines) is 1. The summed E-state index contributed by atoms with van der Waals surface area (Å²) in [4.78, 5) is 14.3. The van der Waals surface area contributed by atoms with Crippen LogP contribution in [0.4, 0.5) is 0 Å². The van der Waals surface area contributed by atoms with E-state index in [9.17, 15) is 4.79 Å². The lowest BCUT2D eigenvalue weighted by molar-refractivity contribution is -0.131. The van der Waals surface area contributed by atoms with Crippen LogP contribution < -0.4 is 5.32 Å². The summed E-state index contributed by atoms with van der Waals surface area (Å²) in [5.41, 5.74) is 0. The molecule has 0 spiro atoms. The lowest BCUT2D eigenvalue weighted by Gasteiger charge is -2.27. The first kappa shape index (κ1) is 16.5. The van der Waals surface area contributed by atoms with E-state index in [0.29, 0.717) is 11.9 Å². The van der Waals surface area contributed by atoms with Crippen molar-refractivity contribution in [2.24, 2.45) is 5.92 Å². The van der Waals surface area contributed by atoms with Gasteiger partial charge in [-0.25, -0.2) is 0 Å². The molecule has 1 rings (SSSR count). The summed E-state index contributed by atoms with van der Waals surface area (Å²) in [6.07, 6.45) is 7.84. The quantitative estimate of drug-likeness (QED) is 0.733. The van der Waals surface area contributed by atoms with Crippen LogP contribution in [0, 0.1) is 5.92 Å². The molecule has 0 aromatic heterocycles. The Balaban J connectivity index is 2.44. The van der Waals surface area contributed by atoms with Crippen molar-refractivity contribution in [2.75, 3.05) is 19.6 Å². The van der Waals surface area contributed by atoms with Crippen LogP contribution in [0.1, 0.15) is 65.7 Å². The Morgan fingerprint density at radius 2 is 2.05 bits per heavy atom. The third kappa shape index (κ3) is 5.94. The van der Waals surface area contributed by atoms with Gasteiger partial charge in [-0.2, -0.15) is 0 Å². The zero-order chi connectivity index (χ0) is 14.1. The van der Waals surface area contributed by atoms with Crippen molar-refractivity contribution in [1.82, 2.24) is 10.2 Å². The number of hydrogen-bond donors (Lipinski definition) is 1. The maximum absolute atomic E-state index is 12.2. The molecule has 1 aliphatic rings. The predicted molar refractivity (Wildman–Crippen MR) is 81.2 cm³/mol. The van der Waals surface area contributed by atoms with Crippen LogP contribution >= 0.6 is 0 Å². The minimum atomic E-state index is 0.371. The Kier molecular flexibility index (Phi) is 8.11. The second kappa shape index (κ2) is 9.35. The third-order valence-electron chi connectivity index (χ3n) is 4.24. The molecule has 0 saturated carbocycles. The van der Waals surface area contributed by atoms with Gasteiger partial charge in [0.25, 0.3) is 0 Å². The van der Waals surface area contributed by atoms with Crippen LogP contribution in [0.3, 0.4) is 0 Å². The highest BCUT2D eigenvalue weighted by Gasteiger charge is 2.23. The summed E-state index contributed by atoms with van der Waals surface area (Å²) < 4.78 is 0. The summed E-state index contributed by atoms with van der Waals surface area (Å²) in [5.74, 6) is 1.14. The predicted octanol–water partition coefficient (Wildman–Crippen LogP) is 3.19. The third-order valence-corrected chi connectivity index (χ3v) is 4.24. The molecule has 1 heterocycles. The number of hydrogen-bond acceptors (Lipinski definition) is 2. The molecule has 0 bridgehead atoms. The van der Waals surface area contributed by atoms with Crippen molar-refractivity contribution >= 4 is 5.91 Å². The Bertz CT molecular complexity index is 255. The van der Waals surface area contributed by atoms with E-state index in [1.54, 1.807) is 0 Å². The fraction of sp³-hybridized carbons (Fsp3) is 0.938. The highest BCUT2D eigenvalue weighted by atomic mass is 16.2. The van der Waals surface area contributed by atoms with Gasteiger partial charge in [0.05, 0.1) is 0 Å². The normalized spacial score (nSPS) is 22.4. The molecule has 3 heteroatoms. The van der Waals surface area contributed by atoms with E-state index in [1.165, 1.54) is 19.3 Å². The minimum absolute atomic E-state index is 0.371. The fourth-order valence-corrected chi connectivity index (χ4v) is 2.94. The van der Waals surface area contributed by atoms with Gasteiger partial charge in [-0.3, -0.25) is 4.79 Å². The molecule has 0 aromatic rings. The number of amides is 1. The summed E-state index contributed by atoms with van der Waals surface area (Å²) in [6, 6.07) is 0.464. The van der Waals surface area contributed by atoms with Gasteiger partial charge >= 0.3 is 0 Å². The summed E-state index contributed by atoms with van der Waals surface area (Å²) in [5, 5.41) is 3.55. The highest BCUT2D eigenvalue weighted by molar-refractivity contribution is 5.76. The molecule has 1 saturated heterocycles. The molecule has 0 radical (unpaired) electrons. The fourth-order valence-electron chi connectivity index (χ4n) is 2.94. The van der Waals surface area contributed by atoms with Gasteiger partial charge in [0.15, 0.2) is 0 Å². The zero-order valence-electron chi connectivity index (χ0n) is 13.1. The Morgan fingerprint density at radius 1 is 1.26 bits per heavy atom. The van der Waals surface area contributed by atoms with E-state index < -0.39 is 0 Å². The summed E-state index contributed by atoms with van der Waals surface area (Å²) >= 11 is 0. The second-order valence-electron chi connectivity index (χ2n) is 5.88. The van der Waals surface area contributed by atoms with Crippen LogP contribution in [0.25, 0.3) is 0 Å². The average molecular weight is 268 g/mol. The smallest absolute Gasteiger partial charge is 0.222 e. The molecule has 0 aliphatic carbocycles. The van der Waals surface area contributed by atoms with E-state index >= 15 is 0 Å². The summed E-state index contributed by atoms with van der Waals surface area (Å²) in [6.45, 7) is 9.55. The lowest BCUT2D eigenvalue weighted by atomic mass is 9.96. The number of nitrogens with zero attached hydrogens (tertiary/aromatic N) is 1. The number of rotatable bonds is 8. The SMILES string of the molecule is CCCNC(CC)CN1CCC(CCC)CCC1=O. The molecule has 112 valence electrons. The molecule has 1 fully saturated rings. The Labute approximate surface area is 119 Å². The average Bonchev–Trinajstić information content (AvgIpc) is 2.59. The molecule has 0 aromatic carbocycles. The van der Waals surface area contributed by atoms with Crippen molar-refractivity contribution in [3.05, 3.63) is 0 Å². The second-order valence-corrected chi connectivity index (χ2v) is 5.88. The number of carbonyl (C=O) groups excluding carboxylic acids is 1. The Hall–Kier alpha value is -0.570. The molecule has 2 atom stereocenters. The Morgan fingerprint density at radius 3 is 2.68 bits per heavy atom. The van der Waals surface area contributed by atoms with E-state index in [-0.39, 0.29) is 0 Å². The van der Waals surface area contributed by atoms with E-state index in [1.807, 2.05) is 0 Å². The van der Waals surface area contributed by atoms with Gasteiger partial charge in [-0.1, -0.05) is 33.6 Å². The molecular formula is C16H32N2O. The molecule has 1 aliphatic heterocycles.